The number of nitrogens with one attached hydrogen (secondary N) is 5. The molecule has 6 atom stereocenters. The summed E-state index contributed by atoms with van der Waals surface area (Å²) in [7, 11) is 0. The van der Waals surface area contributed by atoms with Crippen molar-refractivity contribution in [1.29, 1.82) is 0 Å². The minimum atomic E-state index is -1.18. The van der Waals surface area contributed by atoms with Crippen LogP contribution in [0.25, 0.3) is 0 Å². The average molecular weight is 700 g/mol. The maximum Gasteiger partial charge on any atom is 0.326 e. The van der Waals surface area contributed by atoms with Crippen molar-refractivity contribution in [2.45, 2.75) is 141 Å². The van der Waals surface area contributed by atoms with E-state index in [0.29, 0.717) is 58.2 Å². The number of nitrogens with two attached hydrogens (primary N) is 4. The van der Waals surface area contributed by atoms with E-state index in [1.165, 1.54) is 6.92 Å². The summed E-state index contributed by atoms with van der Waals surface area (Å²) in [4.78, 5) is 78.3. The first-order valence-corrected chi connectivity index (χ1v) is 17.7. The van der Waals surface area contributed by atoms with E-state index in [1.807, 2.05) is 27.7 Å². The monoisotopic (exact) mass is 700 g/mol. The van der Waals surface area contributed by atoms with Crippen LogP contribution in [0.1, 0.15) is 105 Å². The maximum atomic E-state index is 13.7. The molecule has 0 aromatic rings. The lowest BCUT2D eigenvalue weighted by atomic mass is 10.00. The van der Waals surface area contributed by atoms with Crippen LogP contribution in [0.15, 0.2) is 0 Å². The maximum absolute atomic E-state index is 13.7. The molecule has 0 spiro atoms. The Balaban J connectivity index is 6.14. The average Bonchev–Trinajstić information content (AvgIpc) is 3.01. The Morgan fingerprint density at radius 2 is 0.755 bits per heavy atom. The number of amides is 5. The van der Waals surface area contributed by atoms with Gasteiger partial charge in [-0.3, -0.25) is 24.0 Å². The smallest absolute Gasteiger partial charge is 0.326 e. The van der Waals surface area contributed by atoms with Gasteiger partial charge >= 0.3 is 5.97 Å². The topological polar surface area (TPSA) is 287 Å². The van der Waals surface area contributed by atoms with Gasteiger partial charge in [0.2, 0.25) is 29.5 Å². The molecule has 284 valence electrons. The molecular weight excluding hydrogens is 634 g/mol. The van der Waals surface area contributed by atoms with Gasteiger partial charge in [-0.1, -0.05) is 27.7 Å². The summed E-state index contributed by atoms with van der Waals surface area (Å²) in [6, 6.07) is -6.14. The molecule has 0 aliphatic heterocycles. The fraction of sp³-hybridized carbons (Fsp3) is 0.818. The molecular formula is C33H65N9O7. The Morgan fingerprint density at radius 3 is 1.06 bits per heavy atom. The van der Waals surface area contributed by atoms with Gasteiger partial charge in [0.05, 0.1) is 6.04 Å². The lowest BCUT2D eigenvalue weighted by molar-refractivity contribution is -0.143. The largest absolute Gasteiger partial charge is 0.480 e. The first-order chi connectivity index (χ1) is 23.1. The Labute approximate surface area is 291 Å². The number of carboxylic acid groups (broad SMARTS) is 1. The molecule has 0 unspecified atom stereocenters. The number of aliphatic carboxylic acids is 1. The molecule has 0 aliphatic carbocycles. The van der Waals surface area contributed by atoms with Gasteiger partial charge in [-0.05, 0) is 109 Å². The summed E-state index contributed by atoms with van der Waals surface area (Å²) in [5.41, 5.74) is 22.6. The van der Waals surface area contributed by atoms with E-state index in [9.17, 15) is 33.9 Å². The van der Waals surface area contributed by atoms with Crippen molar-refractivity contribution in [1.82, 2.24) is 26.6 Å². The summed E-state index contributed by atoms with van der Waals surface area (Å²) in [5.74, 6) is -4.20. The number of hydrogen-bond donors (Lipinski definition) is 10. The summed E-state index contributed by atoms with van der Waals surface area (Å²) in [6.07, 6.45) is 4.50. The summed E-state index contributed by atoms with van der Waals surface area (Å²) in [6.45, 7) is 10.1. The van der Waals surface area contributed by atoms with Gasteiger partial charge in [0.1, 0.15) is 30.2 Å². The second kappa shape index (κ2) is 25.6. The fourth-order valence-corrected chi connectivity index (χ4v) is 5.07. The normalized spacial score (nSPS) is 15.0. The fourth-order valence-electron chi connectivity index (χ4n) is 5.07. The van der Waals surface area contributed by atoms with Gasteiger partial charge in [-0.15, -0.1) is 0 Å². The van der Waals surface area contributed by atoms with Crippen molar-refractivity contribution < 1.29 is 33.9 Å². The highest BCUT2D eigenvalue weighted by Gasteiger charge is 2.33. The predicted octanol–water partition coefficient (Wildman–Crippen LogP) is -0.679. The predicted molar refractivity (Wildman–Crippen MR) is 189 cm³/mol. The van der Waals surface area contributed by atoms with Crippen molar-refractivity contribution >= 4 is 35.5 Å². The molecule has 0 aliphatic rings. The molecule has 49 heavy (non-hydrogen) atoms. The molecule has 16 nitrogen and oxygen atoms in total. The van der Waals surface area contributed by atoms with Crippen LogP contribution >= 0.6 is 0 Å². The molecule has 0 rings (SSSR count). The van der Waals surface area contributed by atoms with Crippen molar-refractivity contribution in [3.8, 4) is 0 Å². The molecule has 16 heteroatoms. The van der Waals surface area contributed by atoms with E-state index in [4.69, 9.17) is 22.9 Å². The Kier molecular flexibility index (Phi) is 23.9. The van der Waals surface area contributed by atoms with Gasteiger partial charge in [-0.2, -0.15) is 0 Å². The standard InChI is InChI=1S/C33H65N9O7/c1-20(2)18-26(32(47)40-25(14-8-11-17-36)31(46)42-27(33(48)49)19-21(3)4)41-30(45)24(13-7-10-16-35)39-29(44)23(12-6-9-15-34)38-28(43)22(5)37/h20-27H,6-19,34-37H2,1-5H3,(H,38,43)(H,39,44)(H,40,47)(H,41,45)(H,42,46)(H,48,49)/t22-,23-,24-,25-,26-,27-/m0/s1. The van der Waals surface area contributed by atoms with E-state index < -0.39 is 71.8 Å². The van der Waals surface area contributed by atoms with Crippen LogP contribution in [0.2, 0.25) is 0 Å². The van der Waals surface area contributed by atoms with Crippen LogP contribution in [-0.2, 0) is 28.8 Å². The van der Waals surface area contributed by atoms with Crippen molar-refractivity contribution in [3.05, 3.63) is 0 Å². The summed E-state index contributed by atoms with van der Waals surface area (Å²) in [5, 5.41) is 23.1. The first kappa shape index (κ1) is 45.7. The molecule has 14 N–H and O–H groups in total. The van der Waals surface area contributed by atoms with Crippen LogP contribution < -0.4 is 49.5 Å². The van der Waals surface area contributed by atoms with Gasteiger partial charge in [-0.25, -0.2) is 4.79 Å². The van der Waals surface area contributed by atoms with E-state index in [0.717, 1.165) is 0 Å². The molecule has 0 bridgehead atoms. The number of unbranched alkanes of at least 4 members (excludes halogenated alkanes) is 3. The quantitative estimate of drug-likeness (QED) is 0.0479. The molecule has 0 fully saturated rings. The lowest BCUT2D eigenvalue weighted by Crippen LogP contribution is -2.59. The minimum absolute atomic E-state index is 0.00248. The van der Waals surface area contributed by atoms with Crippen LogP contribution in [0.3, 0.4) is 0 Å². The van der Waals surface area contributed by atoms with Gasteiger partial charge in [0.15, 0.2) is 0 Å². The van der Waals surface area contributed by atoms with Crippen molar-refractivity contribution in [3.63, 3.8) is 0 Å². The first-order valence-electron chi connectivity index (χ1n) is 17.7. The minimum Gasteiger partial charge on any atom is -0.480 e. The zero-order valence-corrected chi connectivity index (χ0v) is 30.2. The van der Waals surface area contributed by atoms with E-state index in [2.05, 4.69) is 26.6 Å². The van der Waals surface area contributed by atoms with E-state index in [1.54, 1.807) is 0 Å². The number of rotatable bonds is 27. The highest BCUT2D eigenvalue weighted by Crippen LogP contribution is 2.12. The van der Waals surface area contributed by atoms with Crippen LogP contribution in [-0.4, -0.2) is 96.5 Å². The molecule has 0 aromatic carbocycles. The molecule has 0 aromatic heterocycles. The van der Waals surface area contributed by atoms with Crippen molar-refractivity contribution in [2.24, 2.45) is 34.8 Å². The third-order valence-electron chi connectivity index (χ3n) is 7.82. The second-order valence-electron chi connectivity index (χ2n) is 13.5. The van der Waals surface area contributed by atoms with Crippen LogP contribution in [0, 0.1) is 11.8 Å². The number of carbonyl (C=O) groups excluding carboxylic acids is 5. The Bertz CT molecular complexity index is 1030. The molecule has 0 heterocycles. The molecule has 5 amide bonds. The zero-order valence-electron chi connectivity index (χ0n) is 30.2. The molecule has 0 radical (unpaired) electrons. The zero-order chi connectivity index (χ0) is 37.5. The van der Waals surface area contributed by atoms with Crippen LogP contribution in [0.5, 0.6) is 0 Å². The highest BCUT2D eigenvalue weighted by molar-refractivity contribution is 5.96. The number of carbonyl (C=O) groups is 6. The third-order valence-corrected chi connectivity index (χ3v) is 7.82. The molecule has 0 saturated carbocycles. The lowest BCUT2D eigenvalue weighted by Gasteiger charge is -2.28. The van der Waals surface area contributed by atoms with Crippen LogP contribution in [0.4, 0.5) is 0 Å². The van der Waals surface area contributed by atoms with Crippen molar-refractivity contribution in [2.75, 3.05) is 19.6 Å². The second-order valence-corrected chi connectivity index (χ2v) is 13.5. The van der Waals surface area contributed by atoms with Gasteiger partial charge < -0.3 is 54.6 Å². The summed E-state index contributed by atoms with van der Waals surface area (Å²) < 4.78 is 0. The molecule has 0 saturated heterocycles. The Hall–Kier alpha value is -3.34. The third kappa shape index (κ3) is 20.1. The Morgan fingerprint density at radius 1 is 0.469 bits per heavy atom. The van der Waals surface area contributed by atoms with Gasteiger partial charge in [0.25, 0.3) is 0 Å². The van der Waals surface area contributed by atoms with E-state index in [-0.39, 0.29) is 43.9 Å². The highest BCUT2D eigenvalue weighted by atomic mass is 16.4. The van der Waals surface area contributed by atoms with Gasteiger partial charge in [0, 0.05) is 0 Å². The number of hydrogen-bond acceptors (Lipinski definition) is 10. The summed E-state index contributed by atoms with van der Waals surface area (Å²) >= 11 is 0. The van der Waals surface area contributed by atoms with E-state index >= 15 is 0 Å². The SMILES string of the molecule is CC(C)C[C@H](NC(=O)[C@H](CCCCN)NC(=O)[C@H](CC(C)C)NC(=O)[C@H](CCCCN)NC(=O)[C@H](CCCCN)NC(=O)[C@H](C)N)C(=O)O. The number of carboxylic acids is 1.